The maximum Gasteiger partial charge on any atom is 0.304 e. The second-order valence-corrected chi connectivity index (χ2v) is 13.6. The summed E-state index contributed by atoms with van der Waals surface area (Å²) in [6.45, 7) is 1.39. The number of hydrogen-bond donors (Lipinski definition) is 1. The van der Waals surface area contributed by atoms with Crippen molar-refractivity contribution in [2.24, 2.45) is 11.3 Å². The van der Waals surface area contributed by atoms with E-state index >= 15 is 0 Å². The fourth-order valence-electron chi connectivity index (χ4n) is 6.39. The number of aliphatic carboxylic acids is 1. The van der Waals surface area contributed by atoms with E-state index in [-0.39, 0.29) is 42.8 Å². The van der Waals surface area contributed by atoms with Crippen molar-refractivity contribution in [2.45, 2.75) is 57.2 Å². The lowest BCUT2D eigenvalue weighted by atomic mass is 9.67. The van der Waals surface area contributed by atoms with E-state index in [4.69, 9.17) is 23.2 Å². The summed E-state index contributed by atoms with van der Waals surface area (Å²) < 4.78 is 40.8. The van der Waals surface area contributed by atoms with Gasteiger partial charge in [-0.25, -0.2) is 8.70 Å². The van der Waals surface area contributed by atoms with Gasteiger partial charge >= 0.3 is 5.97 Å². The van der Waals surface area contributed by atoms with E-state index in [0.717, 1.165) is 28.3 Å². The number of piperidine rings is 1. The molecule has 2 aliphatic rings. The van der Waals surface area contributed by atoms with Gasteiger partial charge in [0.25, 0.3) is 0 Å². The fraction of sp³-hybridized carbons (Fsp3) is 0.375. The van der Waals surface area contributed by atoms with Crippen LogP contribution in [0.25, 0.3) is 0 Å². The molecule has 1 aliphatic heterocycles. The van der Waals surface area contributed by atoms with E-state index in [1.165, 1.54) is 18.2 Å². The lowest BCUT2D eigenvalue weighted by molar-refractivity contribution is -0.161. The highest BCUT2D eigenvalue weighted by molar-refractivity contribution is 7.76. The van der Waals surface area contributed by atoms with E-state index < -0.39 is 47.0 Å². The number of benzene rings is 3. The number of halogens is 3. The van der Waals surface area contributed by atoms with Gasteiger partial charge in [-0.05, 0) is 66.6 Å². The standard InChI is InChI=1S/C32H33Cl2FN2O5S/c1-32(17-29(38)39)16-26(22-6-4-7-25(34)15-22)30(21-11-13-24(33)14-12-21)37(31(32)40)28(20-9-10-20)19-36(43(41)42)18-23-5-2-3-8-27(23)35/h2-8,11-15,20,26,28,30H,9-10,16-19H2,1H3,(H,38,39)(H,41,42)/p-1/t26?,28?,30-,32-/m1/s1. The SMILES string of the molecule is C[C@]1(CC(=O)O)CC(c2cccc(Cl)c2)[C@@H](c2ccc(Cl)cc2)N(C(CN(Cc2ccccc2F)S(=O)[O-])C2CC2)C1=O. The van der Waals surface area contributed by atoms with Crippen molar-refractivity contribution in [3.05, 3.63) is 105 Å². The average molecular weight is 647 g/mol. The van der Waals surface area contributed by atoms with Crippen molar-refractivity contribution in [3.8, 4) is 0 Å². The van der Waals surface area contributed by atoms with Crippen molar-refractivity contribution in [1.29, 1.82) is 0 Å². The van der Waals surface area contributed by atoms with Crippen LogP contribution >= 0.6 is 23.2 Å². The minimum Gasteiger partial charge on any atom is -0.760 e. The summed E-state index contributed by atoms with van der Waals surface area (Å²) in [7, 11) is 0. The Morgan fingerprint density at radius 1 is 1.09 bits per heavy atom. The van der Waals surface area contributed by atoms with Crippen molar-refractivity contribution >= 4 is 46.3 Å². The highest BCUT2D eigenvalue weighted by Gasteiger charge is 2.54. The second-order valence-electron chi connectivity index (χ2n) is 11.7. The molecule has 7 nitrogen and oxygen atoms in total. The molecule has 0 spiro atoms. The van der Waals surface area contributed by atoms with Crippen molar-refractivity contribution in [1.82, 2.24) is 9.21 Å². The van der Waals surface area contributed by atoms with Gasteiger partial charge in [0.2, 0.25) is 5.91 Å². The largest absolute Gasteiger partial charge is 0.760 e. The van der Waals surface area contributed by atoms with Crippen LogP contribution in [0.3, 0.4) is 0 Å². The van der Waals surface area contributed by atoms with Gasteiger partial charge < -0.3 is 14.6 Å². The van der Waals surface area contributed by atoms with Gasteiger partial charge in [-0.15, -0.1) is 0 Å². The van der Waals surface area contributed by atoms with Crippen LogP contribution < -0.4 is 0 Å². The predicted molar refractivity (Wildman–Crippen MR) is 162 cm³/mol. The third-order valence-electron chi connectivity index (χ3n) is 8.56. The van der Waals surface area contributed by atoms with Crippen LogP contribution in [0.1, 0.15) is 61.3 Å². The zero-order valence-electron chi connectivity index (χ0n) is 23.5. The molecule has 3 unspecified atom stereocenters. The molecule has 228 valence electrons. The van der Waals surface area contributed by atoms with E-state index in [1.807, 2.05) is 30.3 Å². The molecule has 43 heavy (non-hydrogen) atoms. The minimum atomic E-state index is -2.72. The van der Waals surface area contributed by atoms with Gasteiger partial charge in [0.15, 0.2) is 0 Å². The average Bonchev–Trinajstić information content (AvgIpc) is 3.79. The van der Waals surface area contributed by atoms with Crippen LogP contribution in [0.4, 0.5) is 4.39 Å². The van der Waals surface area contributed by atoms with Gasteiger partial charge in [-0.3, -0.25) is 13.8 Å². The van der Waals surface area contributed by atoms with Gasteiger partial charge in [0.05, 0.1) is 17.9 Å². The number of nitrogens with zero attached hydrogens (tertiary/aromatic N) is 2. The second kappa shape index (κ2) is 13.0. The minimum absolute atomic E-state index is 0.0161. The predicted octanol–water partition coefficient (Wildman–Crippen LogP) is 6.75. The van der Waals surface area contributed by atoms with Crippen LogP contribution in [-0.4, -0.2) is 47.5 Å². The summed E-state index contributed by atoms with van der Waals surface area (Å²) in [4.78, 5) is 28.4. The van der Waals surface area contributed by atoms with E-state index in [9.17, 15) is 27.8 Å². The number of amides is 1. The molecule has 3 aromatic carbocycles. The first-order valence-corrected chi connectivity index (χ1v) is 15.9. The lowest BCUT2D eigenvalue weighted by Crippen LogP contribution is -2.59. The zero-order valence-corrected chi connectivity index (χ0v) is 25.8. The van der Waals surface area contributed by atoms with Crippen molar-refractivity contribution in [2.75, 3.05) is 6.54 Å². The molecule has 5 rings (SSSR count). The van der Waals surface area contributed by atoms with Gasteiger partial charge in [0.1, 0.15) is 5.82 Å². The third kappa shape index (κ3) is 7.13. The first kappa shape index (κ1) is 31.6. The quantitative estimate of drug-likeness (QED) is 0.233. The summed E-state index contributed by atoms with van der Waals surface area (Å²) >= 11 is 9.93. The van der Waals surface area contributed by atoms with Crippen LogP contribution in [-0.2, 0) is 27.4 Å². The highest BCUT2D eigenvalue weighted by Crippen LogP contribution is 2.54. The summed E-state index contributed by atoms with van der Waals surface area (Å²) in [6.07, 6.45) is 1.40. The van der Waals surface area contributed by atoms with Crippen molar-refractivity contribution in [3.63, 3.8) is 0 Å². The Morgan fingerprint density at radius 3 is 2.40 bits per heavy atom. The number of likely N-dealkylation sites (tertiary alicyclic amines) is 1. The summed E-state index contributed by atoms with van der Waals surface area (Å²) in [5, 5.41) is 10.9. The number of carbonyl (C=O) groups is 2. The molecule has 1 N–H and O–H groups in total. The van der Waals surface area contributed by atoms with Gasteiger partial charge in [-0.1, -0.05) is 72.6 Å². The fourth-order valence-corrected chi connectivity index (χ4v) is 7.24. The Morgan fingerprint density at radius 2 is 1.79 bits per heavy atom. The normalized spacial score (nSPS) is 23.8. The maximum absolute atomic E-state index is 14.6. The zero-order chi connectivity index (χ0) is 30.9. The monoisotopic (exact) mass is 645 g/mol. The molecule has 1 saturated carbocycles. The van der Waals surface area contributed by atoms with Crippen LogP contribution in [0.5, 0.6) is 0 Å². The molecular weight excluding hydrogens is 614 g/mol. The molecule has 0 bridgehead atoms. The van der Waals surface area contributed by atoms with Crippen LogP contribution in [0, 0.1) is 17.2 Å². The molecule has 1 amide bonds. The number of carboxylic acids is 1. The lowest BCUT2D eigenvalue weighted by Gasteiger charge is -2.52. The highest BCUT2D eigenvalue weighted by atomic mass is 35.5. The molecule has 3 aromatic rings. The number of hydrogen-bond acceptors (Lipinski definition) is 4. The van der Waals surface area contributed by atoms with E-state index in [2.05, 4.69) is 0 Å². The summed E-state index contributed by atoms with van der Waals surface area (Å²) in [6, 6.07) is 19.3. The topological polar surface area (TPSA) is 101 Å². The van der Waals surface area contributed by atoms with Crippen LogP contribution in [0.2, 0.25) is 10.0 Å². The molecule has 0 radical (unpaired) electrons. The smallest absolute Gasteiger partial charge is 0.304 e. The molecule has 0 aromatic heterocycles. The van der Waals surface area contributed by atoms with Crippen molar-refractivity contribution < 1.29 is 27.8 Å². The first-order valence-electron chi connectivity index (χ1n) is 14.1. The Hall–Kier alpha value is -2.82. The van der Waals surface area contributed by atoms with E-state index in [0.29, 0.717) is 10.0 Å². The Labute approximate surface area is 263 Å². The number of rotatable bonds is 11. The molecule has 11 heteroatoms. The molecule has 2 fully saturated rings. The van der Waals surface area contributed by atoms with Gasteiger partial charge in [-0.2, -0.15) is 0 Å². The summed E-state index contributed by atoms with van der Waals surface area (Å²) in [5.74, 6) is -2.36. The Bertz CT molecular complexity index is 1520. The first-order chi connectivity index (χ1) is 20.5. The number of carboxylic acid groups (broad SMARTS) is 1. The van der Waals surface area contributed by atoms with Gasteiger partial charge in [0, 0.05) is 51.9 Å². The molecule has 5 atom stereocenters. The van der Waals surface area contributed by atoms with Crippen LogP contribution in [0.15, 0.2) is 72.8 Å². The van der Waals surface area contributed by atoms with E-state index in [1.54, 1.807) is 36.1 Å². The Kier molecular flexibility index (Phi) is 9.58. The molecular formula is C32H32Cl2FN2O5S-. The summed E-state index contributed by atoms with van der Waals surface area (Å²) in [5.41, 5.74) is 0.566. The number of carbonyl (C=O) groups excluding carboxylic acids is 1. The third-order valence-corrected chi connectivity index (χ3v) is 9.75. The molecule has 1 saturated heterocycles. The molecule has 1 heterocycles. The maximum atomic E-state index is 14.6. The molecule has 1 aliphatic carbocycles. The Balaban J connectivity index is 1.64.